The van der Waals surface area contributed by atoms with Gasteiger partial charge in [-0.3, -0.25) is 4.79 Å². The number of benzene rings is 1. The first-order valence-corrected chi connectivity index (χ1v) is 6.61. The average Bonchev–Trinajstić information content (AvgIpc) is 2.37. The van der Waals surface area contributed by atoms with Crippen LogP contribution in [0.4, 0.5) is 32.0 Å². The van der Waals surface area contributed by atoms with Gasteiger partial charge in [0.15, 0.2) is 0 Å². The molecule has 2 N–H and O–H groups in total. The Bertz CT molecular complexity index is 551. The van der Waals surface area contributed by atoms with E-state index in [2.05, 4.69) is 0 Å². The second-order valence-corrected chi connectivity index (χ2v) is 5.33. The maximum atomic E-state index is 13.3. The highest BCUT2D eigenvalue weighted by molar-refractivity contribution is 5.79. The number of aryl methyl sites for hydroxylation is 1. The Morgan fingerprint density at radius 3 is 1.87 bits per heavy atom. The van der Waals surface area contributed by atoms with Gasteiger partial charge in [-0.15, -0.1) is 0 Å². The van der Waals surface area contributed by atoms with Gasteiger partial charge in [-0.1, -0.05) is 32.0 Å². The molecule has 0 heterocycles. The maximum absolute atomic E-state index is 13.3. The minimum absolute atomic E-state index is 0.171. The number of alkyl halides is 6. The minimum Gasteiger partial charge on any atom is -0.347 e. The molecule has 23 heavy (non-hydrogen) atoms. The Kier molecular flexibility index (Phi) is 5.23. The van der Waals surface area contributed by atoms with Gasteiger partial charge in [-0.2, -0.15) is 26.3 Å². The summed E-state index contributed by atoms with van der Waals surface area (Å²) in [5.74, 6) is -2.43. The van der Waals surface area contributed by atoms with E-state index in [1.165, 1.54) is 44.3 Å². The lowest BCUT2D eigenvalue weighted by Gasteiger charge is -2.39. The highest BCUT2D eigenvalue weighted by atomic mass is 19.4. The molecule has 3 nitrogen and oxygen atoms in total. The highest BCUT2D eigenvalue weighted by Gasteiger charge is 2.72. The first kappa shape index (κ1) is 19.1. The van der Waals surface area contributed by atoms with Crippen LogP contribution in [0.2, 0.25) is 0 Å². The summed E-state index contributed by atoms with van der Waals surface area (Å²) >= 11 is 0. The molecule has 0 aliphatic carbocycles. The van der Waals surface area contributed by atoms with Crippen LogP contribution in [-0.4, -0.2) is 23.9 Å². The van der Waals surface area contributed by atoms with Crippen LogP contribution >= 0.6 is 0 Å². The van der Waals surface area contributed by atoms with Crippen LogP contribution < -0.4 is 10.6 Å². The predicted molar refractivity (Wildman–Crippen MR) is 72.6 cm³/mol. The lowest BCUT2D eigenvalue weighted by molar-refractivity contribution is -0.296. The van der Waals surface area contributed by atoms with Gasteiger partial charge in [-0.25, -0.2) is 0 Å². The third-order valence-corrected chi connectivity index (χ3v) is 3.15. The molecule has 1 amide bonds. The minimum atomic E-state index is -5.81. The largest absolute Gasteiger partial charge is 0.439 e. The van der Waals surface area contributed by atoms with Crippen LogP contribution in [0.25, 0.3) is 0 Å². The molecular formula is C14H16F6N2O. The molecule has 0 aromatic heterocycles. The maximum Gasteiger partial charge on any atom is 0.439 e. The summed E-state index contributed by atoms with van der Waals surface area (Å²) < 4.78 is 79.9. The zero-order valence-corrected chi connectivity index (χ0v) is 12.6. The second-order valence-electron chi connectivity index (χ2n) is 5.33. The van der Waals surface area contributed by atoms with Gasteiger partial charge in [-0.05, 0) is 18.6 Å². The van der Waals surface area contributed by atoms with Gasteiger partial charge in [0.2, 0.25) is 5.91 Å². The Morgan fingerprint density at radius 2 is 1.48 bits per heavy atom. The smallest absolute Gasteiger partial charge is 0.347 e. The van der Waals surface area contributed by atoms with E-state index in [1.807, 2.05) is 0 Å². The van der Waals surface area contributed by atoms with Crippen molar-refractivity contribution in [3.05, 3.63) is 29.8 Å². The van der Waals surface area contributed by atoms with E-state index in [1.54, 1.807) is 0 Å². The fraction of sp³-hybridized carbons (Fsp3) is 0.500. The van der Waals surface area contributed by atoms with Gasteiger partial charge >= 0.3 is 18.0 Å². The predicted octanol–water partition coefficient (Wildman–Crippen LogP) is 4.00. The van der Waals surface area contributed by atoms with Crippen molar-refractivity contribution in [2.75, 3.05) is 5.32 Å². The average molecular weight is 342 g/mol. The molecule has 0 saturated heterocycles. The lowest BCUT2D eigenvalue weighted by Crippen LogP contribution is -2.72. The second kappa shape index (κ2) is 6.29. The van der Waals surface area contributed by atoms with Gasteiger partial charge in [0.25, 0.3) is 0 Å². The van der Waals surface area contributed by atoms with E-state index in [9.17, 15) is 31.1 Å². The summed E-state index contributed by atoms with van der Waals surface area (Å²) in [6, 6.07) is 5.18. The van der Waals surface area contributed by atoms with Crippen molar-refractivity contribution in [1.82, 2.24) is 5.32 Å². The summed E-state index contributed by atoms with van der Waals surface area (Å²) in [5, 5.41) is 2.53. The van der Waals surface area contributed by atoms with Crippen molar-refractivity contribution in [2.24, 2.45) is 5.92 Å². The fourth-order valence-corrected chi connectivity index (χ4v) is 1.72. The number of amides is 1. The zero-order chi connectivity index (χ0) is 18.1. The Hall–Kier alpha value is -1.93. The molecule has 0 radical (unpaired) electrons. The Morgan fingerprint density at radius 1 is 1.00 bits per heavy atom. The number of halogens is 6. The van der Waals surface area contributed by atoms with Crippen LogP contribution in [0.15, 0.2) is 24.3 Å². The van der Waals surface area contributed by atoms with E-state index in [4.69, 9.17) is 0 Å². The molecule has 130 valence electrons. The summed E-state index contributed by atoms with van der Waals surface area (Å²) in [6.45, 7) is 3.74. The topological polar surface area (TPSA) is 41.1 Å². The molecule has 0 fully saturated rings. The number of rotatable bonds is 4. The third-order valence-electron chi connectivity index (χ3n) is 3.15. The number of carbonyl (C=O) groups excluding carboxylic acids is 1. The summed E-state index contributed by atoms with van der Waals surface area (Å²) in [4.78, 5) is 11.6. The lowest BCUT2D eigenvalue weighted by atomic mass is 10.0. The first-order valence-electron chi connectivity index (χ1n) is 6.61. The normalized spacial score (nSPS) is 13.1. The number of carbonyl (C=O) groups is 1. The summed E-state index contributed by atoms with van der Waals surface area (Å²) in [6.07, 6.45) is -11.6. The molecule has 0 spiro atoms. The first-order chi connectivity index (χ1) is 10.3. The van der Waals surface area contributed by atoms with E-state index in [-0.39, 0.29) is 11.3 Å². The molecule has 0 aliphatic heterocycles. The van der Waals surface area contributed by atoms with Crippen LogP contribution in [0.5, 0.6) is 0 Å². The van der Waals surface area contributed by atoms with Crippen LogP contribution in [-0.2, 0) is 4.79 Å². The molecule has 0 unspecified atom stereocenters. The van der Waals surface area contributed by atoms with E-state index >= 15 is 0 Å². The van der Waals surface area contributed by atoms with Gasteiger partial charge in [0.05, 0.1) is 0 Å². The van der Waals surface area contributed by atoms with E-state index < -0.39 is 29.8 Å². The number of hydrogen-bond donors (Lipinski definition) is 2. The molecule has 1 aromatic carbocycles. The molecule has 0 bridgehead atoms. The van der Waals surface area contributed by atoms with Crippen molar-refractivity contribution >= 4 is 11.6 Å². The number of nitrogens with one attached hydrogen (secondary N) is 2. The van der Waals surface area contributed by atoms with E-state index in [0.29, 0.717) is 0 Å². The van der Waals surface area contributed by atoms with Crippen LogP contribution in [0, 0.1) is 12.8 Å². The van der Waals surface area contributed by atoms with Gasteiger partial charge in [0.1, 0.15) is 0 Å². The molecule has 1 aromatic rings. The molecular weight excluding hydrogens is 326 g/mol. The van der Waals surface area contributed by atoms with Crippen molar-refractivity contribution in [3.8, 4) is 0 Å². The number of anilines is 1. The molecule has 0 aliphatic rings. The van der Waals surface area contributed by atoms with E-state index in [0.717, 1.165) is 11.4 Å². The number of para-hydroxylation sites is 1. The summed E-state index contributed by atoms with van der Waals surface area (Å²) in [5.41, 5.74) is -4.79. The Labute approximate surface area is 129 Å². The van der Waals surface area contributed by atoms with Crippen LogP contribution in [0.1, 0.15) is 19.4 Å². The van der Waals surface area contributed by atoms with Crippen molar-refractivity contribution < 1.29 is 31.1 Å². The van der Waals surface area contributed by atoms with Gasteiger partial charge < -0.3 is 10.6 Å². The summed E-state index contributed by atoms with van der Waals surface area (Å²) in [7, 11) is 0. The van der Waals surface area contributed by atoms with Crippen molar-refractivity contribution in [2.45, 2.75) is 38.8 Å². The number of hydrogen-bond acceptors (Lipinski definition) is 2. The zero-order valence-electron chi connectivity index (χ0n) is 12.6. The Balaban J connectivity index is 3.45. The molecule has 0 saturated carbocycles. The highest BCUT2D eigenvalue weighted by Crippen LogP contribution is 2.44. The van der Waals surface area contributed by atoms with Gasteiger partial charge in [0, 0.05) is 11.6 Å². The van der Waals surface area contributed by atoms with Crippen molar-refractivity contribution in [3.63, 3.8) is 0 Å². The van der Waals surface area contributed by atoms with Crippen molar-refractivity contribution in [1.29, 1.82) is 0 Å². The fourth-order valence-electron chi connectivity index (χ4n) is 1.72. The molecule has 0 atom stereocenters. The SMILES string of the molecule is Cc1ccccc1NC(NC(=O)C(C)C)(C(F)(F)F)C(F)(F)F. The van der Waals surface area contributed by atoms with Crippen LogP contribution in [0.3, 0.4) is 0 Å². The molecule has 1 rings (SSSR count). The monoisotopic (exact) mass is 342 g/mol. The quantitative estimate of drug-likeness (QED) is 0.641. The third kappa shape index (κ3) is 3.89. The standard InChI is InChI=1S/C14H16F6N2O/c1-8(2)11(23)22-12(13(15,16)17,14(18,19)20)21-10-7-5-4-6-9(10)3/h4-8,21H,1-3H3,(H,22,23). The molecule has 9 heteroatoms.